The standard InChI is InChI=1S/C15H23N3O2/c1-3-20-15(19)12-8-11(16)9-17-14(12)18-13-7-5-4-6-10(13)2/h8-10,13H,3-7,16H2,1-2H3,(H,17,18). The number of pyridine rings is 1. The fourth-order valence-corrected chi connectivity index (χ4v) is 2.67. The molecule has 1 aliphatic carbocycles. The van der Waals surface area contributed by atoms with E-state index in [1.807, 2.05) is 0 Å². The molecular formula is C15H23N3O2. The molecule has 0 amide bonds. The zero-order chi connectivity index (χ0) is 14.5. The number of nitrogens with zero attached hydrogens (tertiary/aromatic N) is 1. The first kappa shape index (κ1) is 14.6. The lowest BCUT2D eigenvalue weighted by atomic mass is 9.86. The molecule has 1 aliphatic rings. The monoisotopic (exact) mass is 277 g/mol. The molecule has 0 radical (unpaired) electrons. The Morgan fingerprint density at radius 2 is 2.25 bits per heavy atom. The summed E-state index contributed by atoms with van der Waals surface area (Å²) >= 11 is 0. The molecular weight excluding hydrogens is 254 g/mol. The third-order valence-corrected chi connectivity index (χ3v) is 3.84. The van der Waals surface area contributed by atoms with Crippen LogP contribution in [0, 0.1) is 5.92 Å². The van der Waals surface area contributed by atoms with Crippen LogP contribution in [0.15, 0.2) is 12.3 Å². The minimum atomic E-state index is -0.377. The van der Waals surface area contributed by atoms with Crippen molar-refractivity contribution in [2.24, 2.45) is 5.92 Å². The number of hydrogen-bond acceptors (Lipinski definition) is 5. The highest BCUT2D eigenvalue weighted by molar-refractivity contribution is 5.95. The van der Waals surface area contributed by atoms with Crippen molar-refractivity contribution in [3.8, 4) is 0 Å². The normalized spacial score (nSPS) is 22.3. The number of hydrogen-bond donors (Lipinski definition) is 2. The molecule has 5 nitrogen and oxygen atoms in total. The van der Waals surface area contributed by atoms with Crippen molar-refractivity contribution in [2.45, 2.75) is 45.6 Å². The molecule has 5 heteroatoms. The summed E-state index contributed by atoms with van der Waals surface area (Å²) in [5.74, 6) is 0.785. The van der Waals surface area contributed by atoms with Gasteiger partial charge in [0.2, 0.25) is 0 Å². The highest BCUT2D eigenvalue weighted by Crippen LogP contribution is 2.28. The van der Waals surface area contributed by atoms with Gasteiger partial charge in [-0.3, -0.25) is 0 Å². The van der Waals surface area contributed by atoms with Crippen LogP contribution in [0.2, 0.25) is 0 Å². The summed E-state index contributed by atoms with van der Waals surface area (Å²) < 4.78 is 5.07. The lowest BCUT2D eigenvalue weighted by Gasteiger charge is -2.30. The SMILES string of the molecule is CCOC(=O)c1cc(N)cnc1NC1CCCCC1C. The molecule has 3 N–H and O–H groups in total. The summed E-state index contributed by atoms with van der Waals surface area (Å²) in [5, 5.41) is 3.40. The third kappa shape index (κ3) is 3.40. The van der Waals surface area contributed by atoms with Crippen molar-refractivity contribution >= 4 is 17.5 Å². The van der Waals surface area contributed by atoms with Crippen molar-refractivity contribution in [1.29, 1.82) is 0 Å². The Morgan fingerprint density at radius 3 is 2.95 bits per heavy atom. The molecule has 20 heavy (non-hydrogen) atoms. The summed E-state index contributed by atoms with van der Waals surface area (Å²) in [6.45, 7) is 4.36. The molecule has 0 aromatic carbocycles. The second-order valence-electron chi connectivity index (χ2n) is 5.40. The smallest absolute Gasteiger partial charge is 0.341 e. The lowest BCUT2D eigenvalue weighted by Crippen LogP contribution is -2.31. The first-order chi connectivity index (χ1) is 9.61. The molecule has 2 unspecified atom stereocenters. The van der Waals surface area contributed by atoms with E-state index in [4.69, 9.17) is 10.5 Å². The molecule has 110 valence electrons. The van der Waals surface area contributed by atoms with Crippen LogP contribution in [0.5, 0.6) is 0 Å². The van der Waals surface area contributed by atoms with Gasteiger partial charge in [0.1, 0.15) is 11.4 Å². The Kier molecular flexibility index (Phi) is 4.82. The van der Waals surface area contributed by atoms with Gasteiger partial charge in [-0.1, -0.05) is 19.8 Å². The number of anilines is 2. The van der Waals surface area contributed by atoms with E-state index in [0.717, 1.165) is 6.42 Å². The van der Waals surface area contributed by atoms with Gasteiger partial charge in [-0.2, -0.15) is 0 Å². The Balaban J connectivity index is 2.19. The number of rotatable bonds is 4. The number of nitrogen functional groups attached to an aromatic ring is 1. The van der Waals surface area contributed by atoms with Crippen molar-refractivity contribution in [1.82, 2.24) is 4.98 Å². The average Bonchev–Trinajstić information content (AvgIpc) is 2.43. The van der Waals surface area contributed by atoms with Crippen LogP contribution in [0.1, 0.15) is 49.9 Å². The highest BCUT2D eigenvalue weighted by Gasteiger charge is 2.24. The summed E-state index contributed by atoms with van der Waals surface area (Å²) in [6.07, 6.45) is 6.38. The van der Waals surface area contributed by atoms with Gasteiger partial charge in [0.15, 0.2) is 0 Å². The van der Waals surface area contributed by atoms with Gasteiger partial charge in [-0.05, 0) is 31.7 Å². The Bertz CT molecular complexity index is 476. The van der Waals surface area contributed by atoms with Crippen LogP contribution in [0.25, 0.3) is 0 Å². The number of nitrogens with two attached hydrogens (primary N) is 1. The van der Waals surface area contributed by atoms with Gasteiger partial charge in [0.25, 0.3) is 0 Å². The molecule has 1 aromatic rings. The average molecular weight is 277 g/mol. The molecule has 1 heterocycles. The van der Waals surface area contributed by atoms with Crippen LogP contribution in [-0.4, -0.2) is 23.6 Å². The Hall–Kier alpha value is -1.78. The quantitative estimate of drug-likeness (QED) is 0.827. The van der Waals surface area contributed by atoms with E-state index in [2.05, 4.69) is 17.2 Å². The summed E-state index contributed by atoms with van der Waals surface area (Å²) in [4.78, 5) is 16.3. The maximum absolute atomic E-state index is 12.0. The van der Waals surface area contributed by atoms with Gasteiger partial charge >= 0.3 is 5.97 Å². The van der Waals surface area contributed by atoms with Gasteiger partial charge in [-0.15, -0.1) is 0 Å². The first-order valence-electron chi connectivity index (χ1n) is 7.31. The summed E-state index contributed by atoms with van der Waals surface area (Å²) in [6, 6.07) is 1.98. The Labute approximate surface area is 119 Å². The molecule has 2 rings (SSSR count). The van der Waals surface area contributed by atoms with Crippen molar-refractivity contribution in [3.05, 3.63) is 17.8 Å². The maximum atomic E-state index is 12.0. The van der Waals surface area contributed by atoms with Crippen LogP contribution in [-0.2, 0) is 4.74 Å². The second kappa shape index (κ2) is 6.59. The number of carbonyl (C=O) groups is 1. The number of carbonyl (C=O) groups excluding carboxylic acids is 1. The van der Waals surface area contributed by atoms with Crippen LogP contribution in [0.3, 0.4) is 0 Å². The van der Waals surface area contributed by atoms with E-state index in [1.165, 1.54) is 19.3 Å². The van der Waals surface area contributed by atoms with E-state index in [1.54, 1.807) is 19.2 Å². The fourth-order valence-electron chi connectivity index (χ4n) is 2.67. The molecule has 1 aromatic heterocycles. The number of aromatic nitrogens is 1. The van der Waals surface area contributed by atoms with Crippen LogP contribution in [0.4, 0.5) is 11.5 Å². The molecule has 0 spiro atoms. The fraction of sp³-hybridized carbons (Fsp3) is 0.600. The molecule has 1 saturated carbocycles. The topological polar surface area (TPSA) is 77.2 Å². The van der Waals surface area contributed by atoms with E-state index in [-0.39, 0.29) is 5.97 Å². The largest absolute Gasteiger partial charge is 0.462 e. The minimum absolute atomic E-state index is 0.340. The predicted molar refractivity (Wildman–Crippen MR) is 79.6 cm³/mol. The van der Waals surface area contributed by atoms with E-state index >= 15 is 0 Å². The zero-order valence-corrected chi connectivity index (χ0v) is 12.2. The predicted octanol–water partition coefficient (Wildman–Crippen LogP) is 2.83. The molecule has 0 bridgehead atoms. The minimum Gasteiger partial charge on any atom is -0.462 e. The van der Waals surface area contributed by atoms with E-state index in [0.29, 0.717) is 35.6 Å². The molecule has 2 atom stereocenters. The van der Waals surface area contributed by atoms with Gasteiger partial charge in [-0.25, -0.2) is 9.78 Å². The number of nitrogens with one attached hydrogen (secondary N) is 1. The second-order valence-corrected chi connectivity index (χ2v) is 5.40. The van der Waals surface area contributed by atoms with Crippen molar-refractivity contribution in [3.63, 3.8) is 0 Å². The third-order valence-electron chi connectivity index (χ3n) is 3.84. The van der Waals surface area contributed by atoms with E-state index < -0.39 is 0 Å². The molecule has 0 saturated heterocycles. The van der Waals surface area contributed by atoms with Crippen molar-refractivity contribution in [2.75, 3.05) is 17.7 Å². The van der Waals surface area contributed by atoms with Gasteiger partial charge in [0.05, 0.1) is 18.5 Å². The summed E-state index contributed by atoms with van der Waals surface area (Å²) in [5.41, 5.74) is 6.61. The lowest BCUT2D eigenvalue weighted by molar-refractivity contribution is 0.0527. The number of ether oxygens (including phenoxy) is 1. The van der Waals surface area contributed by atoms with Crippen LogP contribution >= 0.6 is 0 Å². The molecule has 0 aliphatic heterocycles. The summed E-state index contributed by atoms with van der Waals surface area (Å²) in [7, 11) is 0. The maximum Gasteiger partial charge on any atom is 0.341 e. The Morgan fingerprint density at radius 1 is 1.50 bits per heavy atom. The van der Waals surface area contributed by atoms with E-state index in [9.17, 15) is 4.79 Å². The van der Waals surface area contributed by atoms with Gasteiger partial charge in [0, 0.05) is 6.04 Å². The number of esters is 1. The first-order valence-corrected chi connectivity index (χ1v) is 7.31. The zero-order valence-electron chi connectivity index (χ0n) is 12.2. The highest BCUT2D eigenvalue weighted by atomic mass is 16.5. The van der Waals surface area contributed by atoms with Crippen LogP contribution < -0.4 is 11.1 Å². The van der Waals surface area contributed by atoms with Gasteiger partial charge < -0.3 is 15.8 Å². The van der Waals surface area contributed by atoms with Crippen molar-refractivity contribution < 1.29 is 9.53 Å². The molecule has 1 fully saturated rings.